The molecule has 0 aromatic heterocycles. The van der Waals surface area contributed by atoms with Gasteiger partial charge in [0.1, 0.15) is 11.6 Å². The molecule has 2 aromatic carbocycles. The maximum atomic E-state index is 13.4. The molecule has 0 aliphatic rings. The van der Waals surface area contributed by atoms with Crippen LogP contribution in [0.25, 0.3) is 0 Å². The number of hydrogen-bond acceptors (Lipinski definition) is 5. The van der Waals surface area contributed by atoms with Gasteiger partial charge in [0.15, 0.2) is 0 Å². The minimum atomic E-state index is -0.872. The van der Waals surface area contributed by atoms with E-state index in [4.69, 9.17) is 21.1 Å². The van der Waals surface area contributed by atoms with Gasteiger partial charge >= 0.3 is 11.8 Å². The van der Waals surface area contributed by atoms with Gasteiger partial charge in [-0.25, -0.2) is 9.18 Å². The van der Waals surface area contributed by atoms with Gasteiger partial charge < -0.3 is 14.8 Å². The van der Waals surface area contributed by atoms with E-state index in [2.05, 4.69) is 5.32 Å². The van der Waals surface area contributed by atoms with Crippen molar-refractivity contribution in [2.45, 2.75) is 0 Å². The maximum absolute atomic E-state index is 13.4. The summed E-state index contributed by atoms with van der Waals surface area (Å²) in [6.07, 6.45) is -0.872. The third kappa shape index (κ3) is 3.86. The summed E-state index contributed by atoms with van der Waals surface area (Å²) in [5.41, 5.74) is -0.563. The molecule has 2 rings (SSSR count). The summed E-state index contributed by atoms with van der Waals surface area (Å²) in [6.45, 7) is 0. The lowest BCUT2D eigenvalue weighted by Gasteiger charge is -2.09. The molecule has 0 bridgehead atoms. The van der Waals surface area contributed by atoms with Crippen molar-refractivity contribution in [1.82, 2.24) is 5.32 Å². The fourth-order valence-electron chi connectivity index (χ4n) is 1.67. The molecule has 0 saturated heterocycles. The summed E-state index contributed by atoms with van der Waals surface area (Å²) in [7, 11) is 1.31. The summed E-state index contributed by atoms with van der Waals surface area (Å²) in [6, 6.07) is 7.51. The molecule has 0 unspecified atom stereocenters. The third-order valence-electron chi connectivity index (χ3n) is 2.67. The quantitative estimate of drug-likeness (QED) is 0.673. The van der Waals surface area contributed by atoms with E-state index in [1.165, 1.54) is 37.4 Å². The molecular weight excluding hydrogens is 331 g/mol. The van der Waals surface area contributed by atoms with E-state index in [0.717, 1.165) is 6.07 Å². The first-order chi connectivity index (χ1) is 10.9. The number of benzene rings is 2. The predicted molar refractivity (Wildman–Crippen MR) is 79.7 cm³/mol. The zero-order valence-corrected chi connectivity index (χ0v) is 12.5. The smallest absolute Gasteiger partial charge is 0.412 e. The number of halogens is 2. The number of nitro benzene ring substituents is 1. The van der Waals surface area contributed by atoms with Crippen molar-refractivity contribution in [3.63, 3.8) is 0 Å². The summed E-state index contributed by atoms with van der Waals surface area (Å²) < 4.78 is 23.5. The standard InChI is InChI=1S/C14H10ClFN2O5/c1-17-14(19)23-12-4-2-3-11(13(12)18(20)21)22-8-5-6-9(15)10(16)7-8/h2-7H,1H3,(H,17,19). The molecule has 7 nitrogen and oxygen atoms in total. The molecule has 0 heterocycles. The molecule has 2 aromatic rings. The van der Waals surface area contributed by atoms with Gasteiger partial charge in [-0.15, -0.1) is 0 Å². The molecule has 0 spiro atoms. The zero-order valence-electron chi connectivity index (χ0n) is 11.7. The van der Waals surface area contributed by atoms with E-state index < -0.39 is 22.5 Å². The van der Waals surface area contributed by atoms with Gasteiger partial charge in [0.2, 0.25) is 11.5 Å². The Morgan fingerprint density at radius 1 is 1.30 bits per heavy atom. The van der Waals surface area contributed by atoms with Crippen molar-refractivity contribution < 1.29 is 23.6 Å². The number of nitrogens with one attached hydrogen (secondary N) is 1. The van der Waals surface area contributed by atoms with E-state index in [1.807, 2.05) is 0 Å². The summed E-state index contributed by atoms with van der Waals surface area (Å²) >= 11 is 5.56. The normalized spacial score (nSPS) is 10.0. The van der Waals surface area contributed by atoms with Crippen LogP contribution in [-0.2, 0) is 0 Å². The minimum Gasteiger partial charge on any atom is -0.450 e. The third-order valence-corrected chi connectivity index (χ3v) is 2.98. The fourth-order valence-corrected chi connectivity index (χ4v) is 1.78. The van der Waals surface area contributed by atoms with E-state index in [1.54, 1.807) is 0 Å². The Kier molecular flexibility index (Phi) is 4.97. The van der Waals surface area contributed by atoms with Crippen molar-refractivity contribution in [2.24, 2.45) is 0 Å². The number of rotatable bonds is 4. The second-order valence-corrected chi connectivity index (χ2v) is 4.58. The largest absolute Gasteiger partial charge is 0.450 e. The lowest BCUT2D eigenvalue weighted by Crippen LogP contribution is -2.22. The highest BCUT2D eigenvalue weighted by atomic mass is 35.5. The van der Waals surface area contributed by atoms with Crippen molar-refractivity contribution in [3.8, 4) is 17.2 Å². The van der Waals surface area contributed by atoms with Crippen LogP contribution in [0.4, 0.5) is 14.9 Å². The Bertz CT molecular complexity index is 769. The minimum absolute atomic E-state index is 0.00657. The highest BCUT2D eigenvalue weighted by molar-refractivity contribution is 6.30. The van der Waals surface area contributed by atoms with Gasteiger partial charge in [-0.1, -0.05) is 17.7 Å². The predicted octanol–water partition coefficient (Wildman–Crippen LogP) is 3.90. The molecule has 0 saturated carbocycles. The van der Waals surface area contributed by atoms with Crippen LogP contribution in [0.3, 0.4) is 0 Å². The first-order valence-corrected chi connectivity index (χ1v) is 6.60. The molecule has 1 amide bonds. The number of para-hydroxylation sites is 1. The topological polar surface area (TPSA) is 90.7 Å². The Hall–Kier alpha value is -2.87. The Labute approximate surface area is 134 Å². The number of carbonyl (C=O) groups is 1. The SMILES string of the molecule is CNC(=O)Oc1cccc(Oc2ccc(Cl)c(F)c2)c1[N+](=O)[O-]. The summed E-state index contributed by atoms with van der Waals surface area (Å²) in [5.74, 6) is -1.24. The summed E-state index contributed by atoms with van der Waals surface area (Å²) in [4.78, 5) is 21.7. The van der Waals surface area contributed by atoms with Gasteiger partial charge in [0.05, 0.1) is 9.95 Å². The Morgan fingerprint density at radius 3 is 2.61 bits per heavy atom. The number of nitro groups is 1. The number of amides is 1. The van der Waals surface area contributed by atoms with Crippen LogP contribution < -0.4 is 14.8 Å². The highest BCUT2D eigenvalue weighted by Crippen LogP contribution is 2.39. The first-order valence-electron chi connectivity index (χ1n) is 6.22. The number of nitrogens with zero attached hydrogens (tertiary/aromatic N) is 1. The first kappa shape index (κ1) is 16.5. The Balaban J connectivity index is 2.41. The van der Waals surface area contributed by atoms with Crippen molar-refractivity contribution in [3.05, 3.63) is 57.4 Å². The zero-order chi connectivity index (χ0) is 17.0. The Morgan fingerprint density at radius 2 is 2.00 bits per heavy atom. The molecule has 9 heteroatoms. The highest BCUT2D eigenvalue weighted by Gasteiger charge is 2.24. The van der Waals surface area contributed by atoms with Gasteiger partial charge in [0, 0.05) is 13.1 Å². The molecule has 23 heavy (non-hydrogen) atoms. The van der Waals surface area contributed by atoms with Crippen LogP contribution in [0.15, 0.2) is 36.4 Å². The van der Waals surface area contributed by atoms with Crippen LogP contribution in [-0.4, -0.2) is 18.1 Å². The van der Waals surface area contributed by atoms with Gasteiger partial charge in [0.25, 0.3) is 0 Å². The average molecular weight is 341 g/mol. The fraction of sp³-hybridized carbons (Fsp3) is 0.0714. The molecule has 0 aliphatic heterocycles. The molecule has 1 N–H and O–H groups in total. The van der Waals surface area contributed by atoms with E-state index in [9.17, 15) is 19.3 Å². The van der Waals surface area contributed by atoms with Crippen molar-refractivity contribution in [1.29, 1.82) is 0 Å². The van der Waals surface area contributed by atoms with Crippen LogP contribution in [0.2, 0.25) is 5.02 Å². The van der Waals surface area contributed by atoms with Crippen LogP contribution in [0.5, 0.6) is 17.2 Å². The second kappa shape index (κ2) is 6.93. The van der Waals surface area contributed by atoms with Crippen LogP contribution >= 0.6 is 11.6 Å². The van der Waals surface area contributed by atoms with Crippen molar-refractivity contribution >= 4 is 23.4 Å². The van der Waals surface area contributed by atoms with Crippen LogP contribution in [0.1, 0.15) is 0 Å². The molecular formula is C14H10ClFN2O5. The number of ether oxygens (including phenoxy) is 2. The number of carbonyl (C=O) groups excluding carboxylic acids is 1. The molecule has 120 valence electrons. The lowest BCUT2D eigenvalue weighted by atomic mass is 10.2. The molecule has 0 radical (unpaired) electrons. The van der Waals surface area contributed by atoms with E-state index in [-0.39, 0.29) is 22.3 Å². The molecule has 0 fully saturated rings. The number of hydrogen-bond donors (Lipinski definition) is 1. The lowest BCUT2D eigenvalue weighted by molar-refractivity contribution is -0.386. The molecule has 0 atom stereocenters. The van der Waals surface area contributed by atoms with E-state index in [0.29, 0.717) is 0 Å². The van der Waals surface area contributed by atoms with E-state index >= 15 is 0 Å². The van der Waals surface area contributed by atoms with Crippen LogP contribution in [0, 0.1) is 15.9 Å². The monoisotopic (exact) mass is 340 g/mol. The molecule has 0 aliphatic carbocycles. The summed E-state index contributed by atoms with van der Waals surface area (Å²) in [5, 5.41) is 13.3. The van der Waals surface area contributed by atoms with Gasteiger partial charge in [-0.2, -0.15) is 0 Å². The van der Waals surface area contributed by atoms with Gasteiger partial charge in [-0.05, 0) is 24.3 Å². The van der Waals surface area contributed by atoms with Gasteiger partial charge in [-0.3, -0.25) is 10.1 Å². The second-order valence-electron chi connectivity index (χ2n) is 4.18. The average Bonchev–Trinajstić information content (AvgIpc) is 2.50. The maximum Gasteiger partial charge on any atom is 0.412 e. The van der Waals surface area contributed by atoms with Crippen molar-refractivity contribution in [2.75, 3.05) is 7.05 Å².